The number of hydrogen-bond acceptors (Lipinski definition) is 3. The molecule has 2 heterocycles. The summed E-state index contributed by atoms with van der Waals surface area (Å²) in [6, 6.07) is 0.123. The molecule has 0 saturated carbocycles. The number of nitrogens with zero attached hydrogens (tertiary/aromatic N) is 2. The van der Waals surface area contributed by atoms with E-state index in [-0.39, 0.29) is 37.0 Å². The number of ether oxygens (including phenoxy) is 1. The van der Waals surface area contributed by atoms with Crippen LogP contribution in [0, 0.1) is 0 Å². The van der Waals surface area contributed by atoms with Crippen LogP contribution in [0.3, 0.4) is 0 Å². The summed E-state index contributed by atoms with van der Waals surface area (Å²) >= 11 is 0. The Labute approximate surface area is 108 Å². The van der Waals surface area contributed by atoms with Gasteiger partial charge in [-0.15, -0.1) is 24.8 Å². The van der Waals surface area contributed by atoms with Crippen molar-refractivity contribution in [3.05, 3.63) is 18.0 Å². The van der Waals surface area contributed by atoms with Gasteiger partial charge in [0.15, 0.2) is 0 Å². The van der Waals surface area contributed by atoms with E-state index in [9.17, 15) is 0 Å². The Morgan fingerprint density at radius 1 is 1.56 bits per heavy atom. The molecule has 1 saturated heterocycles. The van der Waals surface area contributed by atoms with Crippen LogP contribution in [0.2, 0.25) is 0 Å². The molecule has 1 aromatic rings. The molecule has 0 aliphatic carbocycles. The smallest absolute Gasteiger partial charge is 0.101 e. The number of aromatic nitrogens is 2. The summed E-state index contributed by atoms with van der Waals surface area (Å²) in [6.07, 6.45) is 6.04. The van der Waals surface area contributed by atoms with Crippen LogP contribution >= 0.6 is 24.8 Å². The summed E-state index contributed by atoms with van der Waals surface area (Å²) in [4.78, 5) is 0. The van der Waals surface area contributed by atoms with Crippen molar-refractivity contribution in [3.63, 3.8) is 0 Å². The molecular formula is C10H19Cl2N3O. The maximum atomic E-state index is 6.00. The molecular weight excluding hydrogens is 249 g/mol. The third-order valence-corrected chi connectivity index (χ3v) is 2.67. The van der Waals surface area contributed by atoms with Crippen molar-refractivity contribution >= 4 is 24.8 Å². The zero-order chi connectivity index (χ0) is 9.97. The van der Waals surface area contributed by atoms with Gasteiger partial charge in [-0.05, 0) is 19.8 Å². The van der Waals surface area contributed by atoms with Gasteiger partial charge in [-0.25, -0.2) is 0 Å². The van der Waals surface area contributed by atoms with Gasteiger partial charge in [0.1, 0.15) is 6.10 Å². The Hall–Kier alpha value is -0.290. The maximum Gasteiger partial charge on any atom is 0.101 e. The predicted molar refractivity (Wildman–Crippen MR) is 68.3 cm³/mol. The van der Waals surface area contributed by atoms with Crippen LogP contribution in [0.1, 0.15) is 31.4 Å². The summed E-state index contributed by atoms with van der Waals surface area (Å²) in [5.41, 5.74) is 7.11. The minimum atomic E-state index is 0. The molecule has 0 bridgehead atoms. The molecule has 0 radical (unpaired) electrons. The van der Waals surface area contributed by atoms with Gasteiger partial charge < -0.3 is 10.5 Å². The van der Waals surface area contributed by atoms with Crippen molar-refractivity contribution < 1.29 is 4.74 Å². The van der Waals surface area contributed by atoms with Gasteiger partial charge in [0.05, 0.1) is 6.20 Å². The van der Waals surface area contributed by atoms with Crippen LogP contribution in [-0.4, -0.2) is 22.4 Å². The van der Waals surface area contributed by atoms with Gasteiger partial charge >= 0.3 is 0 Å². The highest BCUT2D eigenvalue weighted by molar-refractivity contribution is 5.85. The molecule has 94 valence electrons. The van der Waals surface area contributed by atoms with Crippen molar-refractivity contribution in [2.45, 2.75) is 38.5 Å². The summed E-state index contributed by atoms with van der Waals surface area (Å²) in [5, 5.41) is 4.23. The third kappa shape index (κ3) is 3.35. The predicted octanol–water partition coefficient (Wildman–Crippen LogP) is 1.93. The van der Waals surface area contributed by atoms with E-state index in [0.29, 0.717) is 0 Å². The number of nitrogens with two attached hydrogens (primary N) is 1. The molecule has 1 aliphatic rings. The fourth-order valence-corrected chi connectivity index (χ4v) is 1.85. The number of halogens is 2. The molecule has 1 aliphatic heterocycles. The fraction of sp³-hybridized carbons (Fsp3) is 0.700. The lowest BCUT2D eigenvalue weighted by atomic mass is 9.99. The van der Waals surface area contributed by atoms with E-state index < -0.39 is 0 Å². The van der Waals surface area contributed by atoms with Gasteiger partial charge in [-0.2, -0.15) is 5.10 Å². The molecule has 2 rings (SSSR count). The van der Waals surface area contributed by atoms with Crippen molar-refractivity contribution in [1.82, 2.24) is 9.78 Å². The van der Waals surface area contributed by atoms with Crippen LogP contribution in [0.15, 0.2) is 12.4 Å². The van der Waals surface area contributed by atoms with E-state index in [4.69, 9.17) is 10.5 Å². The molecule has 4 nitrogen and oxygen atoms in total. The highest BCUT2D eigenvalue weighted by Crippen LogP contribution is 2.26. The molecule has 0 aromatic carbocycles. The fourth-order valence-electron chi connectivity index (χ4n) is 1.85. The zero-order valence-electron chi connectivity index (χ0n) is 9.33. The second-order valence-corrected chi connectivity index (χ2v) is 3.73. The van der Waals surface area contributed by atoms with Crippen LogP contribution in [0.5, 0.6) is 0 Å². The first-order chi connectivity index (χ1) is 6.81. The molecule has 2 N–H and O–H groups in total. The average Bonchev–Trinajstić information content (AvgIpc) is 2.67. The molecule has 1 aromatic heterocycles. The summed E-state index contributed by atoms with van der Waals surface area (Å²) in [6.45, 7) is 3.77. The molecule has 0 amide bonds. The second kappa shape index (κ2) is 7.12. The molecule has 1 fully saturated rings. The van der Waals surface area contributed by atoms with E-state index in [2.05, 4.69) is 12.0 Å². The van der Waals surface area contributed by atoms with Gasteiger partial charge in [0.25, 0.3) is 0 Å². The normalized spacial score (nSPS) is 24.4. The second-order valence-electron chi connectivity index (χ2n) is 3.73. The van der Waals surface area contributed by atoms with E-state index in [1.54, 1.807) is 0 Å². The Balaban J connectivity index is 0.00000112. The quantitative estimate of drug-likeness (QED) is 0.891. The lowest BCUT2D eigenvalue weighted by Crippen LogP contribution is -2.34. The summed E-state index contributed by atoms with van der Waals surface area (Å²) < 4.78 is 7.56. The van der Waals surface area contributed by atoms with Crippen LogP contribution in [0.25, 0.3) is 0 Å². The molecule has 0 spiro atoms. The van der Waals surface area contributed by atoms with Crippen molar-refractivity contribution in [3.8, 4) is 0 Å². The van der Waals surface area contributed by atoms with E-state index >= 15 is 0 Å². The number of hydrogen-bond donors (Lipinski definition) is 1. The van der Waals surface area contributed by atoms with E-state index in [0.717, 1.165) is 31.6 Å². The van der Waals surface area contributed by atoms with Crippen LogP contribution in [0.4, 0.5) is 0 Å². The van der Waals surface area contributed by atoms with Gasteiger partial charge in [-0.1, -0.05) is 0 Å². The van der Waals surface area contributed by atoms with Crippen molar-refractivity contribution in [1.29, 1.82) is 0 Å². The van der Waals surface area contributed by atoms with E-state index in [1.165, 1.54) is 0 Å². The Kier molecular flexibility index (Phi) is 6.99. The lowest BCUT2D eigenvalue weighted by molar-refractivity contribution is 0.0000955. The van der Waals surface area contributed by atoms with Crippen molar-refractivity contribution in [2.24, 2.45) is 5.73 Å². The average molecular weight is 268 g/mol. The standard InChI is InChI=1S/C10H17N3O.2ClH/c1-2-13-7-8(6-12-13)10-9(11)4-3-5-14-10;;/h6-7,9-10H,2-5,11H2,1H3;2*1H. The van der Waals surface area contributed by atoms with Gasteiger partial charge in [0.2, 0.25) is 0 Å². The highest BCUT2D eigenvalue weighted by atomic mass is 35.5. The third-order valence-electron chi connectivity index (χ3n) is 2.67. The largest absolute Gasteiger partial charge is 0.372 e. The molecule has 2 unspecified atom stereocenters. The minimum Gasteiger partial charge on any atom is -0.372 e. The lowest BCUT2D eigenvalue weighted by Gasteiger charge is -2.27. The molecule has 2 atom stereocenters. The SMILES string of the molecule is CCn1cc(C2OCCCC2N)cn1.Cl.Cl. The summed E-state index contributed by atoms with van der Waals surface area (Å²) in [5.74, 6) is 0. The van der Waals surface area contributed by atoms with Gasteiger partial charge in [-0.3, -0.25) is 4.68 Å². The Morgan fingerprint density at radius 2 is 2.31 bits per heavy atom. The Bertz CT molecular complexity index is 306. The van der Waals surface area contributed by atoms with E-state index in [1.807, 2.05) is 17.1 Å². The summed E-state index contributed by atoms with van der Waals surface area (Å²) in [7, 11) is 0. The monoisotopic (exact) mass is 267 g/mol. The first kappa shape index (κ1) is 15.7. The Morgan fingerprint density at radius 3 is 2.88 bits per heavy atom. The number of rotatable bonds is 2. The maximum absolute atomic E-state index is 6.00. The topological polar surface area (TPSA) is 53.1 Å². The van der Waals surface area contributed by atoms with Crippen LogP contribution < -0.4 is 5.73 Å². The van der Waals surface area contributed by atoms with Gasteiger partial charge in [0, 0.05) is 31.0 Å². The molecule has 16 heavy (non-hydrogen) atoms. The minimum absolute atomic E-state index is 0. The number of aryl methyl sites for hydroxylation is 1. The molecule has 6 heteroatoms. The first-order valence-electron chi connectivity index (χ1n) is 5.21. The highest BCUT2D eigenvalue weighted by Gasteiger charge is 2.25. The first-order valence-corrected chi connectivity index (χ1v) is 5.21. The zero-order valence-corrected chi connectivity index (χ0v) is 11.0. The van der Waals surface area contributed by atoms with Crippen molar-refractivity contribution in [2.75, 3.05) is 6.61 Å². The van der Waals surface area contributed by atoms with Crippen LogP contribution in [-0.2, 0) is 11.3 Å².